The number of likely N-dealkylation sites (tertiary alicyclic amines) is 1. The third kappa shape index (κ3) is 2.57. The predicted molar refractivity (Wildman–Crippen MR) is 92.8 cm³/mol. The third-order valence-electron chi connectivity index (χ3n) is 4.83. The molecule has 4 nitrogen and oxygen atoms in total. The smallest absolute Gasteiger partial charge is 0.274 e. The molecular weight excluding hydrogens is 330 g/mol. The lowest BCUT2D eigenvalue weighted by Gasteiger charge is -2.26. The number of fused-ring (bicyclic) bond motifs is 1. The largest absolute Gasteiger partial charge is 0.332 e. The lowest BCUT2D eigenvalue weighted by molar-refractivity contribution is 0.0708. The molecule has 1 aromatic carbocycles. The molecule has 0 radical (unpaired) electrons. The van der Waals surface area contributed by atoms with Gasteiger partial charge in [0.05, 0.1) is 9.88 Å². The standard InChI is InChI=1S/C17H18ClN3OS/c1-9-20-15(16(23-9)10-3-2-4-12(18)5-10)17(22)21-8-11-6-13(11)14(21)7-19/h2-5,11,13-14H,6-8,19H2,1H3/t11-,13-,14-/m1/s1. The molecule has 120 valence electrons. The van der Waals surface area contributed by atoms with Crippen LogP contribution in [0.4, 0.5) is 0 Å². The molecule has 2 heterocycles. The molecule has 6 heteroatoms. The summed E-state index contributed by atoms with van der Waals surface area (Å²) in [4.78, 5) is 20.4. The highest BCUT2D eigenvalue weighted by molar-refractivity contribution is 7.15. The van der Waals surface area contributed by atoms with Gasteiger partial charge in [-0.3, -0.25) is 4.79 Å². The number of thiazole rings is 1. The van der Waals surface area contributed by atoms with Gasteiger partial charge in [-0.25, -0.2) is 4.98 Å². The van der Waals surface area contributed by atoms with Crippen molar-refractivity contribution in [3.05, 3.63) is 40.0 Å². The lowest BCUT2D eigenvalue weighted by atomic mass is 10.1. The normalized spacial score (nSPS) is 25.5. The Morgan fingerprint density at radius 1 is 1.52 bits per heavy atom. The molecule has 4 rings (SSSR count). The van der Waals surface area contributed by atoms with Crippen molar-refractivity contribution in [1.82, 2.24) is 9.88 Å². The van der Waals surface area contributed by atoms with Crippen molar-refractivity contribution in [3.63, 3.8) is 0 Å². The van der Waals surface area contributed by atoms with E-state index in [0.717, 1.165) is 22.0 Å². The van der Waals surface area contributed by atoms with Gasteiger partial charge in [-0.2, -0.15) is 0 Å². The molecule has 2 N–H and O–H groups in total. The quantitative estimate of drug-likeness (QED) is 0.927. The van der Waals surface area contributed by atoms with Gasteiger partial charge in [0.25, 0.3) is 5.91 Å². The van der Waals surface area contributed by atoms with Gasteiger partial charge >= 0.3 is 0 Å². The molecule has 1 saturated heterocycles. The van der Waals surface area contributed by atoms with Crippen LogP contribution in [0.3, 0.4) is 0 Å². The van der Waals surface area contributed by atoms with E-state index in [2.05, 4.69) is 4.98 Å². The minimum absolute atomic E-state index is 0.00646. The summed E-state index contributed by atoms with van der Waals surface area (Å²) in [5.74, 6) is 1.24. The van der Waals surface area contributed by atoms with E-state index in [4.69, 9.17) is 17.3 Å². The minimum atomic E-state index is 0.00646. The fourth-order valence-corrected chi connectivity index (χ4v) is 4.74. The Labute approximate surface area is 144 Å². The number of aromatic nitrogens is 1. The summed E-state index contributed by atoms with van der Waals surface area (Å²) in [7, 11) is 0. The average molecular weight is 348 g/mol. The zero-order valence-electron chi connectivity index (χ0n) is 12.8. The van der Waals surface area contributed by atoms with Crippen LogP contribution in [-0.2, 0) is 0 Å². The molecule has 0 unspecified atom stereocenters. The Kier molecular flexibility index (Phi) is 3.67. The van der Waals surface area contributed by atoms with Crippen LogP contribution in [0.25, 0.3) is 10.4 Å². The Morgan fingerprint density at radius 2 is 2.35 bits per heavy atom. The Hall–Kier alpha value is -1.43. The third-order valence-corrected chi connectivity index (χ3v) is 6.08. The van der Waals surface area contributed by atoms with Crippen LogP contribution in [-0.4, -0.2) is 34.9 Å². The number of nitrogens with two attached hydrogens (primary N) is 1. The van der Waals surface area contributed by atoms with Gasteiger partial charge in [0.2, 0.25) is 0 Å². The molecule has 2 aromatic rings. The van der Waals surface area contributed by atoms with Crippen LogP contribution in [0, 0.1) is 18.8 Å². The van der Waals surface area contributed by atoms with Gasteiger partial charge in [0.15, 0.2) is 0 Å². The topological polar surface area (TPSA) is 59.2 Å². The van der Waals surface area contributed by atoms with E-state index in [-0.39, 0.29) is 11.9 Å². The summed E-state index contributed by atoms with van der Waals surface area (Å²) in [5.41, 5.74) is 7.38. The number of benzene rings is 1. The zero-order valence-corrected chi connectivity index (χ0v) is 14.4. The van der Waals surface area contributed by atoms with Gasteiger partial charge in [-0.1, -0.05) is 23.7 Å². The van der Waals surface area contributed by atoms with Crippen LogP contribution >= 0.6 is 22.9 Å². The number of hydrogen-bond donors (Lipinski definition) is 1. The zero-order chi connectivity index (χ0) is 16.1. The Balaban J connectivity index is 1.70. The van der Waals surface area contributed by atoms with Crippen LogP contribution in [0.1, 0.15) is 21.9 Å². The summed E-state index contributed by atoms with van der Waals surface area (Å²) in [5, 5.41) is 1.55. The van der Waals surface area contributed by atoms with Crippen molar-refractivity contribution in [1.29, 1.82) is 0 Å². The van der Waals surface area contributed by atoms with E-state index < -0.39 is 0 Å². The van der Waals surface area contributed by atoms with E-state index in [9.17, 15) is 4.79 Å². The highest BCUT2D eigenvalue weighted by Crippen LogP contribution is 2.49. The molecule has 1 aliphatic carbocycles. The molecule has 0 bridgehead atoms. The number of rotatable bonds is 3. The van der Waals surface area contributed by atoms with Crippen molar-refractivity contribution < 1.29 is 4.79 Å². The number of nitrogens with zero attached hydrogens (tertiary/aromatic N) is 2. The van der Waals surface area contributed by atoms with Crippen LogP contribution in [0.5, 0.6) is 0 Å². The number of aryl methyl sites for hydroxylation is 1. The van der Waals surface area contributed by atoms with Crippen molar-refractivity contribution >= 4 is 28.8 Å². The second-order valence-corrected chi connectivity index (χ2v) is 7.98. The summed E-state index contributed by atoms with van der Waals surface area (Å²) < 4.78 is 0. The van der Waals surface area contributed by atoms with Crippen molar-refractivity contribution in [2.75, 3.05) is 13.1 Å². The van der Waals surface area contributed by atoms with Crippen molar-refractivity contribution in [2.45, 2.75) is 19.4 Å². The number of piperidine rings is 1. The predicted octanol–water partition coefficient (Wildman–Crippen LogP) is 3.19. The fourth-order valence-electron chi connectivity index (χ4n) is 3.64. The first-order valence-electron chi connectivity index (χ1n) is 7.83. The highest BCUT2D eigenvalue weighted by atomic mass is 35.5. The molecule has 2 aliphatic rings. The number of amides is 1. The first-order valence-corrected chi connectivity index (χ1v) is 9.02. The van der Waals surface area contributed by atoms with Crippen LogP contribution < -0.4 is 5.73 Å². The number of hydrogen-bond acceptors (Lipinski definition) is 4. The van der Waals surface area contributed by atoms with Crippen LogP contribution in [0.15, 0.2) is 24.3 Å². The first-order chi connectivity index (χ1) is 11.1. The molecule has 23 heavy (non-hydrogen) atoms. The molecule has 0 spiro atoms. The van der Waals surface area contributed by atoms with Crippen LogP contribution in [0.2, 0.25) is 5.02 Å². The van der Waals surface area contributed by atoms with Gasteiger partial charge in [0, 0.05) is 24.2 Å². The number of carbonyl (C=O) groups is 1. The maximum absolute atomic E-state index is 13.1. The summed E-state index contributed by atoms with van der Waals surface area (Å²) in [6, 6.07) is 7.75. The second kappa shape index (κ2) is 5.58. The van der Waals surface area contributed by atoms with E-state index in [1.807, 2.05) is 36.1 Å². The van der Waals surface area contributed by atoms with Crippen molar-refractivity contribution in [2.24, 2.45) is 17.6 Å². The van der Waals surface area contributed by atoms with E-state index in [1.165, 1.54) is 17.8 Å². The molecule has 1 aromatic heterocycles. The molecule has 1 aliphatic heterocycles. The Bertz CT molecular complexity index is 775. The molecular formula is C17H18ClN3OS. The first kappa shape index (κ1) is 15.1. The van der Waals surface area contributed by atoms with Crippen molar-refractivity contribution in [3.8, 4) is 10.4 Å². The van der Waals surface area contributed by atoms with Gasteiger partial charge in [0.1, 0.15) is 5.69 Å². The van der Waals surface area contributed by atoms with E-state index in [0.29, 0.717) is 29.1 Å². The van der Waals surface area contributed by atoms with Gasteiger partial charge in [-0.15, -0.1) is 11.3 Å². The second-order valence-electron chi connectivity index (χ2n) is 6.34. The van der Waals surface area contributed by atoms with Gasteiger partial charge < -0.3 is 10.6 Å². The SMILES string of the molecule is Cc1nc(C(=O)N2C[C@H]3C[C@H]3[C@H]2CN)c(-c2cccc(Cl)c2)s1. The molecule has 1 saturated carbocycles. The summed E-state index contributed by atoms with van der Waals surface area (Å²) >= 11 is 7.64. The number of carbonyl (C=O) groups excluding carboxylic acids is 1. The average Bonchev–Trinajstić information content (AvgIpc) is 3.03. The molecule has 1 amide bonds. The molecule has 2 fully saturated rings. The minimum Gasteiger partial charge on any atom is -0.332 e. The summed E-state index contributed by atoms with van der Waals surface area (Å²) in [6.45, 7) is 3.27. The highest BCUT2D eigenvalue weighted by Gasteiger charge is 2.53. The maximum atomic E-state index is 13.1. The van der Waals surface area contributed by atoms with E-state index in [1.54, 1.807) is 0 Å². The lowest BCUT2D eigenvalue weighted by Crippen LogP contribution is -2.43. The monoisotopic (exact) mass is 347 g/mol. The summed E-state index contributed by atoms with van der Waals surface area (Å²) in [6.07, 6.45) is 1.21. The Morgan fingerprint density at radius 3 is 3.09 bits per heavy atom. The molecule has 3 atom stereocenters. The fraction of sp³-hybridized carbons (Fsp3) is 0.412. The van der Waals surface area contributed by atoms with Gasteiger partial charge in [-0.05, 0) is 42.9 Å². The van der Waals surface area contributed by atoms with E-state index >= 15 is 0 Å². The maximum Gasteiger partial charge on any atom is 0.274 e. The number of halogens is 1.